The molecule has 1 atom stereocenters. The SMILES string of the molecule is Cc1ccc(NS(C)(=O)=O)c(C(=O)N2CCCCC2c2cc3nc(C)nc(C)n3n2)c1. The minimum Gasteiger partial charge on any atom is -0.330 e. The number of aryl methyl sites for hydroxylation is 3. The van der Waals surface area contributed by atoms with Crippen molar-refractivity contribution in [1.82, 2.24) is 24.5 Å². The molecule has 1 aliphatic rings. The molecule has 1 unspecified atom stereocenters. The summed E-state index contributed by atoms with van der Waals surface area (Å²) in [6.45, 7) is 6.16. The van der Waals surface area contributed by atoms with Crippen molar-refractivity contribution in [3.63, 3.8) is 0 Å². The van der Waals surface area contributed by atoms with Crippen molar-refractivity contribution in [1.29, 1.82) is 0 Å². The Labute approximate surface area is 181 Å². The van der Waals surface area contributed by atoms with Crippen LogP contribution in [0.3, 0.4) is 0 Å². The number of carbonyl (C=O) groups is 1. The smallest absolute Gasteiger partial charge is 0.256 e. The predicted molar refractivity (Wildman–Crippen MR) is 118 cm³/mol. The van der Waals surface area contributed by atoms with Crippen molar-refractivity contribution in [2.24, 2.45) is 0 Å². The third-order valence-corrected chi connectivity index (χ3v) is 6.01. The Balaban J connectivity index is 1.74. The number of carbonyl (C=O) groups excluding carboxylic acids is 1. The highest BCUT2D eigenvalue weighted by Crippen LogP contribution is 2.33. The highest BCUT2D eigenvalue weighted by atomic mass is 32.2. The van der Waals surface area contributed by atoms with Crippen LogP contribution in [0.5, 0.6) is 0 Å². The molecule has 0 bridgehead atoms. The first-order valence-electron chi connectivity index (χ1n) is 10.2. The first-order chi connectivity index (χ1) is 14.6. The molecular formula is C21H26N6O3S. The number of benzene rings is 1. The highest BCUT2D eigenvalue weighted by Gasteiger charge is 2.32. The number of likely N-dealkylation sites (tertiary alicyclic amines) is 1. The lowest BCUT2D eigenvalue weighted by Gasteiger charge is -2.35. The zero-order valence-corrected chi connectivity index (χ0v) is 18.9. The zero-order valence-electron chi connectivity index (χ0n) is 18.1. The summed E-state index contributed by atoms with van der Waals surface area (Å²) in [6.07, 6.45) is 3.72. The summed E-state index contributed by atoms with van der Waals surface area (Å²) in [6, 6.07) is 6.84. The number of aromatic nitrogens is 4. The van der Waals surface area contributed by atoms with Crippen LogP contribution >= 0.6 is 0 Å². The van der Waals surface area contributed by atoms with E-state index >= 15 is 0 Å². The molecule has 31 heavy (non-hydrogen) atoms. The second-order valence-corrected chi connectivity index (χ2v) is 9.84. The number of piperidine rings is 1. The monoisotopic (exact) mass is 442 g/mol. The normalized spacial score (nSPS) is 17.2. The summed E-state index contributed by atoms with van der Waals surface area (Å²) < 4.78 is 27.8. The molecule has 0 saturated carbocycles. The summed E-state index contributed by atoms with van der Waals surface area (Å²) in [5.74, 6) is 1.20. The van der Waals surface area contributed by atoms with Gasteiger partial charge in [-0.15, -0.1) is 0 Å². The molecule has 1 aromatic carbocycles. The van der Waals surface area contributed by atoms with Gasteiger partial charge in [0.25, 0.3) is 5.91 Å². The van der Waals surface area contributed by atoms with Gasteiger partial charge >= 0.3 is 0 Å². The standard InChI is InChI=1S/C21H26N6O3S/c1-13-8-9-17(25-31(4,29)30)16(11-13)21(28)26-10-6-5-7-19(26)18-12-20-23-14(2)22-15(3)27(20)24-18/h8-9,11-12,19,25H,5-7,10H2,1-4H3. The molecule has 2 aromatic heterocycles. The molecule has 4 rings (SSSR count). The van der Waals surface area contributed by atoms with Gasteiger partial charge in [-0.2, -0.15) is 5.10 Å². The molecule has 1 fully saturated rings. The maximum absolute atomic E-state index is 13.6. The summed E-state index contributed by atoms with van der Waals surface area (Å²) in [5, 5.41) is 4.69. The number of anilines is 1. The fraction of sp³-hybridized carbons (Fsp3) is 0.429. The average molecular weight is 443 g/mol. The van der Waals surface area contributed by atoms with E-state index in [1.807, 2.05) is 26.8 Å². The Kier molecular flexibility index (Phi) is 5.42. The van der Waals surface area contributed by atoms with Gasteiger partial charge in [0.15, 0.2) is 5.65 Å². The van der Waals surface area contributed by atoms with Gasteiger partial charge in [0.2, 0.25) is 10.0 Å². The van der Waals surface area contributed by atoms with Crippen LogP contribution in [0.15, 0.2) is 24.3 Å². The van der Waals surface area contributed by atoms with Crippen molar-refractivity contribution in [2.45, 2.75) is 46.1 Å². The highest BCUT2D eigenvalue weighted by molar-refractivity contribution is 7.92. The third-order valence-electron chi connectivity index (χ3n) is 5.42. The fourth-order valence-corrected chi connectivity index (χ4v) is 4.68. The van der Waals surface area contributed by atoms with Crippen LogP contribution in [0.25, 0.3) is 5.65 Å². The largest absolute Gasteiger partial charge is 0.330 e. The van der Waals surface area contributed by atoms with Crippen LogP contribution in [0.1, 0.15) is 58.6 Å². The Hall–Kier alpha value is -3.01. The van der Waals surface area contributed by atoms with Gasteiger partial charge in [-0.25, -0.2) is 22.9 Å². The summed E-state index contributed by atoms with van der Waals surface area (Å²) in [7, 11) is -3.52. The van der Waals surface area contributed by atoms with Crippen molar-refractivity contribution in [2.75, 3.05) is 17.5 Å². The minimum atomic E-state index is -3.52. The maximum Gasteiger partial charge on any atom is 0.256 e. The summed E-state index contributed by atoms with van der Waals surface area (Å²) in [4.78, 5) is 24.2. The maximum atomic E-state index is 13.6. The van der Waals surface area contributed by atoms with Gasteiger partial charge in [-0.05, 0) is 52.2 Å². The van der Waals surface area contributed by atoms with E-state index in [2.05, 4.69) is 19.8 Å². The van der Waals surface area contributed by atoms with Crippen molar-refractivity contribution < 1.29 is 13.2 Å². The molecule has 1 saturated heterocycles. The molecular weight excluding hydrogens is 416 g/mol. The number of nitrogens with zero attached hydrogens (tertiary/aromatic N) is 5. The van der Waals surface area contributed by atoms with Crippen LogP contribution in [0.2, 0.25) is 0 Å². The zero-order chi connectivity index (χ0) is 22.3. The molecule has 9 nitrogen and oxygen atoms in total. The Morgan fingerprint density at radius 1 is 1.13 bits per heavy atom. The van der Waals surface area contributed by atoms with E-state index in [-0.39, 0.29) is 17.6 Å². The number of rotatable bonds is 4. The first kappa shape index (κ1) is 21.2. The van der Waals surface area contributed by atoms with Crippen molar-refractivity contribution in [3.05, 3.63) is 52.7 Å². The number of sulfonamides is 1. The van der Waals surface area contributed by atoms with E-state index in [9.17, 15) is 13.2 Å². The van der Waals surface area contributed by atoms with Crippen LogP contribution in [0.4, 0.5) is 5.69 Å². The lowest BCUT2D eigenvalue weighted by molar-refractivity contribution is 0.0606. The lowest BCUT2D eigenvalue weighted by atomic mass is 9.97. The van der Waals surface area contributed by atoms with Gasteiger partial charge < -0.3 is 4.90 Å². The van der Waals surface area contributed by atoms with Gasteiger partial charge in [-0.3, -0.25) is 9.52 Å². The van der Waals surface area contributed by atoms with Gasteiger partial charge in [0, 0.05) is 12.6 Å². The van der Waals surface area contributed by atoms with E-state index < -0.39 is 10.0 Å². The molecule has 1 aliphatic heterocycles. The molecule has 0 aliphatic carbocycles. The van der Waals surface area contributed by atoms with Crippen molar-refractivity contribution >= 4 is 27.3 Å². The number of fused-ring (bicyclic) bond motifs is 1. The lowest BCUT2D eigenvalue weighted by Crippen LogP contribution is -2.39. The third kappa shape index (κ3) is 4.39. The molecule has 3 aromatic rings. The molecule has 10 heteroatoms. The van der Waals surface area contributed by atoms with Gasteiger partial charge in [0.1, 0.15) is 11.6 Å². The predicted octanol–water partition coefficient (Wildman–Crippen LogP) is 2.79. The molecule has 0 spiro atoms. The van der Waals surface area contributed by atoms with Gasteiger partial charge in [-0.1, -0.05) is 11.6 Å². The second kappa shape index (κ2) is 7.92. The summed E-state index contributed by atoms with van der Waals surface area (Å²) in [5.41, 5.74) is 2.97. The van der Waals surface area contributed by atoms with Crippen LogP contribution in [-0.2, 0) is 10.0 Å². The topological polar surface area (TPSA) is 110 Å². The molecule has 1 N–H and O–H groups in total. The summed E-state index contributed by atoms with van der Waals surface area (Å²) >= 11 is 0. The van der Waals surface area contributed by atoms with Crippen molar-refractivity contribution in [3.8, 4) is 0 Å². The molecule has 3 heterocycles. The minimum absolute atomic E-state index is 0.212. The van der Waals surface area contributed by atoms with E-state index in [4.69, 9.17) is 0 Å². The Morgan fingerprint density at radius 2 is 1.90 bits per heavy atom. The first-order valence-corrected chi connectivity index (χ1v) is 12.1. The Bertz CT molecular complexity index is 1270. The van der Waals surface area contributed by atoms with E-state index in [1.165, 1.54) is 0 Å². The number of hydrogen-bond donors (Lipinski definition) is 1. The van der Waals surface area contributed by atoms with Crippen LogP contribution in [0, 0.1) is 20.8 Å². The van der Waals surface area contributed by atoms with E-state index in [0.29, 0.717) is 23.6 Å². The molecule has 1 amide bonds. The number of amides is 1. The number of hydrogen-bond acceptors (Lipinski definition) is 6. The van der Waals surface area contributed by atoms with Crippen LogP contribution < -0.4 is 4.72 Å². The van der Waals surface area contributed by atoms with Crippen LogP contribution in [-0.4, -0.2) is 51.6 Å². The fourth-order valence-electron chi connectivity index (χ4n) is 4.10. The quantitative estimate of drug-likeness (QED) is 0.665. The van der Waals surface area contributed by atoms with E-state index in [1.54, 1.807) is 27.6 Å². The Morgan fingerprint density at radius 3 is 2.65 bits per heavy atom. The average Bonchev–Trinajstić information content (AvgIpc) is 3.12. The second-order valence-electron chi connectivity index (χ2n) is 8.09. The number of nitrogens with one attached hydrogen (secondary N) is 1. The van der Waals surface area contributed by atoms with Gasteiger partial charge in [0.05, 0.1) is 29.2 Å². The van der Waals surface area contributed by atoms with E-state index in [0.717, 1.165) is 42.6 Å². The molecule has 164 valence electrons. The molecule has 0 radical (unpaired) electrons.